The molecule has 0 aliphatic heterocycles. The van der Waals surface area contributed by atoms with E-state index in [4.69, 9.17) is 4.74 Å². The summed E-state index contributed by atoms with van der Waals surface area (Å²) in [5.74, 6) is 0.489. The van der Waals surface area contributed by atoms with Gasteiger partial charge in [-0.05, 0) is 42.5 Å². The monoisotopic (exact) mass is 350 g/mol. The van der Waals surface area contributed by atoms with Gasteiger partial charge >= 0.3 is 0 Å². The van der Waals surface area contributed by atoms with Crippen LogP contribution in [0.2, 0.25) is 0 Å². The summed E-state index contributed by atoms with van der Waals surface area (Å²) in [6.07, 6.45) is 3.56. The van der Waals surface area contributed by atoms with Crippen molar-refractivity contribution in [3.63, 3.8) is 0 Å². The Morgan fingerprint density at radius 1 is 1.16 bits per heavy atom. The maximum absolute atomic E-state index is 12.4. The van der Waals surface area contributed by atoms with Crippen LogP contribution < -0.4 is 10.1 Å². The van der Waals surface area contributed by atoms with Crippen LogP contribution in [0.5, 0.6) is 5.75 Å². The lowest BCUT2D eigenvalue weighted by atomic mass is 10.2. The van der Waals surface area contributed by atoms with Crippen LogP contribution in [0.4, 0.5) is 5.13 Å². The van der Waals surface area contributed by atoms with Gasteiger partial charge in [-0.2, -0.15) is 5.10 Å². The highest BCUT2D eigenvalue weighted by Gasteiger charge is 2.12. The third-order valence-corrected chi connectivity index (χ3v) is 4.66. The molecule has 0 saturated heterocycles. The van der Waals surface area contributed by atoms with E-state index in [1.54, 1.807) is 30.1 Å². The van der Waals surface area contributed by atoms with Crippen molar-refractivity contribution in [2.24, 2.45) is 0 Å². The van der Waals surface area contributed by atoms with E-state index in [-0.39, 0.29) is 5.91 Å². The zero-order valence-corrected chi connectivity index (χ0v) is 14.2. The van der Waals surface area contributed by atoms with E-state index in [2.05, 4.69) is 15.4 Å². The van der Waals surface area contributed by atoms with Crippen molar-refractivity contribution in [3.05, 3.63) is 66.5 Å². The summed E-state index contributed by atoms with van der Waals surface area (Å²) in [6, 6.07) is 14.8. The van der Waals surface area contributed by atoms with E-state index < -0.39 is 0 Å². The number of nitrogens with one attached hydrogen (secondary N) is 1. The van der Waals surface area contributed by atoms with Gasteiger partial charge in [0.05, 0.1) is 17.5 Å². The Morgan fingerprint density at radius 3 is 2.72 bits per heavy atom. The van der Waals surface area contributed by atoms with Gasteiger partial charge in [-0.3, -0.25) is 10.1 Å². The van der Waals surface area contributed by atoms with Crippen molar-refractivity contribution in [2.75, 3.05) is 12.4 Å². The molecule has 4 aromatic rings. The van der Waals surface area contributed by atoms with Gasteiger partial charge in [0.25, 0.3) is 5.91 Å². The van der Waals surface area contributed by atoms with Crippen LogP contribution in [0, 0.1) is 0 Å². The van der Waals surface area contributed by atoms with Gasteiger partial charge in [0.2, 0.25) is 0 Å². The number of thiazole rings is 1. The fraction of sp³-hybridized carbons (Fsp3) is 0.0556. The Kier molecular flexibility index (Phi) is 3.91. The van der Waals surface area contributed by atoms with Gasteiger partial charge in [-0.1, -0.05) is 17.4 Å². The molecule has 0 saturated carbocycles. The Hall–Kier alpha value is -3.19. The maximum Gasteiger partial charge on any atom is 0.257 e. The second-order valence-electron chi connectivity index (χ2n) is 5.28. The number of hydrogen-bond donors (Lipinski definition) is 1. The highest BCUT2D eigenvalue weighted by molar-refractivity contribution is 7.22. The molecule has 0 radical (unpaired) electrons. The molecule has 0 aliphatic rings. The minimum atomic E-state index is -0.204. The summed E-state index contributed by atoms with van der Waals surface area (Å²) in [5, 5.41) is 7.55. The first kappa shape index (κ1) is 15.3. The van der Waals surface area contributed by atoms with E-state index in [0.717, 1.165) is 15.9 Å². The average Bonchev–Trinajstić information content (AvgIpc) is 3.30. The molecule has 1 amide bonds. The highest BCUT2D eigenvalue weighted by Crippen LogP contribution is 2.32. The van der Waals surface area contributed by atoms with Gasteiger partial charge in [0.15, 0.2) is 5.13 Å². The largest absolute Gasteiger partial charge is 0.494 e. The summed E-state index contributed by atoms with van der Waals surface area (Å²) in [7, 11) is 1.60. The molecule has 124 valence electrons. The Morgan fingerprint density at radius 2 is 2.00 bits per heavy atom. The number of hydrogen-bond acceptors (Lipinski definition) is 5. The molecular formula is C18H14N4O2S. The van der Waals surface area contributed by atoms with Crippen LogP contribution in [0.25, 0.3) is 15.9 Å². The number of carbonyl (C=O) groups is 1. The third-order valence-electron chi connectivity index (χ3n) is 3.72. The van der Waals surface area contributed by atoms with Gasteiger partial charge in [-0.15, -0.1) is 0 Å². The first-order valence-electron chi connectivity index (χ1n) is 7.59. The van der Waals surface area contributed by atoms with Crippen LogP contribution in [-0.4, -0.2) is 27.8 Å². The van der Waals surface area contributed by atoms with Gasteiger partial charge in [0.1, 0.15) is 11.3 Å². The Balaban J connectivity index is 1.55. The predicted octanol–water partition coefficient (Wildman–Crippen LogP) is 3.74. The minimum absolute atomic E-state index is 0.204. The third kappa shape index (κ3) is 2.97. The molecule has 6 nitrogen and oxygen atoms in total. The highest BCUT2D eigenvalue weighted by atomic mass is 32.1. The lowest BCUT2D eigenvalue weighted by molar-refractivity contribution is 0.102. The number of benzene rings is 2. The zero-order valence-electron chi connectivity index (χ0n) is 13.3. The van der Waals surface area contributed by atoms with Crippen molar-refractivity contribution in [2.45, 2.75) is 0 Å². The van der Waals surface area contributed by atoms with Crippen LogP contribution >= 0.6 is 11.3 Å². The van der Waals surface area contributed by atoms with Crippen LogP contribution in [0.1, 0.15) is 10.4 Å². The van der Waals surface area contributed by atoms with E-state index in [1.165, 1.54) is 11.3 Å². The lowest BCUT2D eigenvalue weighted by Gasteiger charge is -2.04. The number of aromatic nitrogens is 3. The first-order chi connectivity index (χ1) is 12.2. The number of nitrogens with zero attached hydrogens (tertiary/aromatic N) is 3. The molecule has 0 atom stereocenters. The van der Waals surface area contributed by atoms with E-state index in [0.29, 0.717) is 16.4 Å². The first-order valence-corrected chi connectivity index (χ1v) is 8.41. The molecule has 0 aliphatic carbocycles. The second-order valence-corrected chi connectivity index (χ2v) is 6.31. The predicted molar refractivity (Wildman–Crippen MR) is 97.7 cm³/mol. The minimum Gasteiger partial charge on any atom is -0.494 e. The molecular weight excluding hydrogens is 336 g/mol. The van der Waals surface area contributed by atoms with Crippen molar-refractivity contribution in [1.29, 1.82) is 0 Å². The lowest BCUT2D eigenvalue weighted by Crippen LogP contribution is -2.11. The average molecular weight is 350 g/mol. The van der Waals surface area contributed by atoms with Crippen LogP contribution in [0.15, 0.2) is 60.9 Å². The number of methoxy groups -OCH3 is 1. The topological polar surface area (TPSA) is 69.0 Å². The molecule has 7 heteroatoms. The smallest absolute Gasteiger partial charge is 0.257 e. The summed E-state index contributed by atoms with van der Waals surface area (Å²) in [4.78, 5) is 16.9. The van der Waals surface area contributed by atoms with Crippen molar-refractivity contribution in [3.8, 4) is 11.4 Å². The second kappa shape index (κ2) is 6.37. The molecule has 0 bridgehead atoms. The number of ether oxygens (including phenoxy) is 1. The fourth-order valence-corrected chi connectivity index (χ4v) is 3.38. The molecule has 25 heavy (non-hydrogen) atoms. The summed E-state index contributed by atoms with van der Waals surface area (Å²) < 4.78 is 8.00. The van der Waals surface area contributed by atoms with Gasteiger partial charge < -0.3 is 4.74 Å². The number of carbonyl (C=O) groups excluding carboxylic acids is 1. The van der Waals surface area contributed by atoms with Gasteiger partial charge in [0, 0.05) is 18.0 Å². The number of para-hydroxylation sites is 1. The fourth-order valence-electron chi connectivity index (χ4n) is 2.50. The molecule has 2 heterocycles. The van der Waals surface area contributed by atoms with E-state index in [9.17, 15) is 4.79 Å². The van der Waals surface area contributed by atoms with Crippen LogP contribution in [0.3, 0.4) is 0 Å². The molecule has 4 rings (SSSR count). The van der Waals surface area contributed by atoms with E-state index >= 15 is 0 Å². The number of rotatable bonds is 4. The Bertz CT molecular complexity index is 1020. The SMILES string of the molecule is COc1cccc2sc(NC(=O)c3ccc(-n4cccn4)cc3)nc12. The number of amides is 1. The van der Waals surface area contributed by atoms with Gasteiger partial charge in [-0.25, -0.2) is 9.67 Å². The normalized spacial score (nSPS) is 10.8. The van der Waals surface area contributed by atoms with Crippen molar-refractivity contribution < 1.29 is 9.53 Å². The quantitative estimate of drug-likeness (QED) is 0.609. The molecule has 0 spiro atoms. The molecule has 2 aromatic heterocycles. The molecule has 0 unspecified atom stereocenters. The molecule has 0 fully saturated rings. The summed E-state index contributed by atoms with van der Waals surface area (Å²) in [5.41, 5.74) is 2.20. The van der Waals surface area contributed by atoms with E-state index in [1.807, 2.05) is 42.6 Å². The van der Waals surface area contributed by atoms with Crippen LogP contribution in [-0.2, 0) is 0 Å². The van der Waals surface area contributed by atoms with Crippen molar-refractivity contribution >= 4 is 32.6 Å². The Labute approximate surface area is 147 Å². The standard InChI is InChI=1S/C18H14N4O2S/c1-24-14-4-2-5-15-16(14)20-18(25-15)21-17(23)12-6-8-13(9-7-12)22-11-3-10-19-22/h2-11H,1H3,(H,20,21,23). The number of anilines is 1. The summed E-state index contributed by atoms with van der Waals surface area (Å²) in [6.45, 7) is 0. The number of fused-ring (bicyclic) bond motifs is 1. The summed E-state index contributed by atoms with van der Waals surface area (Å²) >= 11 is 1.41. The molecule has 2 aromatic carbocycles. The zero-order chi connectivity index (χ0) is 17.2. The van der Waals surface area contributed by atoms with Crippen molar-refractivity contribution in [1.82, 2.24) is 14.8 Å². The molecule has 1 N–H and O–H groups in total. The maximum atomic E-state index is 12.4.